The molecule has 1 rings (SSSR count). The molecule has 0 unspecified atom stereocenters. The lowest BCUT2D eigenvalue weighted by Crippen LogP contribution is -2.62. The van der Waals surface area contributed by atoms with E-state index >= 15 is 0 Å². The summed E-state index contributed by atoms with van der Waals surface area (Å²) in [6.07, 6.45) is 2.39. The molecule has 2 heteroatoms. The van der Waals surface area contributed by atoms with Crippen molar-refractivity contribution in [3.8, 4) is 0 Å². The van der Waals surface area contributed by atoms with Gasteiger partial charge in [-0.2, -0.15) is 0 Å². The van der Waals surface area contributed by atoms with Crippen molar-refractivity contribution in [3.63, 3.8) is 0 Å². The molecule has 1 heterocycles. The molecule has 0 atom stereocenters. The summed E-state index contributed by atoms with van der Waals surface area (Å²) in [7, 11) is 1.83. The average molecular weight is 171 g/mol. The van der Waals surface area contributed by atoms with Crippen LogP contribution < -0.4 is 5.32 Å². The second kappa shape index (κ2) is 3.35. The van der Waals surface area contributed by atoms with Crippen LogP contribution in [-0.2, 0) is 4.74 Å². The van der Waals surface area contributed by atoms with Gasteiger partial charge in [0.2, 0.25) is 0 Å². The van der Waals surface area contributed by atoms with Crippen LogP contribution in [0.5, 0.6) is 0 Å². The summed E-state index contributed by atoms with van der Waals surface area (Å²) in [5.74, 6) is 0. The van der Waals surface area contributed by atoms with Crippen LogP contribution in [0.4, 0.5) is 0 Å². The molecule has 0 bridgehead atoms. The Kier molecular flexibility index (Phi) is 2.79. The largest absolute Gasteiger partial charge is 0.376 e. The summed E-state index contributed by atoms with van der Waals surface area (Å²) >= 11 is 0. The molecular weight excluding hydrogens is 150 g/mol. The number of ether oxygens (including phenoxy) is 1. The highest BCUT2D eigenvalue weighted by Crippen LogP contribution is 2.34. The van der Waals surface area contributed by atoms with Crippen LogP contribution in [0.25, 0.3) is 0 Å². The third-order valence-electron chi connectivity index (χ3n) is 3.09. The Hall–Kier alpha value is -0.0800. The van der Waals surface area contributed by atoms with E-state index in [0.29, 0.717) is 5.41 Å². The normalized spacial score (nSPS) is 22.0. The quantitative estimate of drug-likeness (QED) is 0.696. The van der Waals surface area contributed by atoms with Crippen LogP contribution in [0.15, 0.2) is 0 Å². The van der Waals surface area contributed by atoms with Crippen molar-refractivity contribution in [3.05, 3.63) is 0 Å². The lowest BCUT2D eigenvalue weighted by molar-refractivity contribution is -0.0794. The summed E-state index contributed by atoms with van der Waals surface area (Å²) in [6.45, 7) is 8.91. The Bertz CT molecular complexity index is 144. The zero-order valence-electron chi connectivity index (χ0n) is 8.74. The van der Waals surface area contributed by atoms with E-state index in [0.717, 1.165) is 13.1 Å². The van der Waals surface area contributed by atoms with Crippen LogP contribution in [-0.4, -0.2) is 25.8 Å². The maximum atomic E-state index is 5.55. The monoisotopic (exact) mass is 171 g/mol. The lowest BCUT2D eigenvalue weighted by atomic mass is 9.76. The maximum Gasteiger partial charge on any atom is 0.0931 e. The van der Waals surface area contributed by atoms with Gasteiger partial charge in [-0.3, -0.25) is 0 Å². The molecule has 0 aromatic carbocycles. The summed E-state index contributed by atoms with van der Waals surface area (Å²) < 4.78 is 5.55. The molecule has 1 aliphatic rings. The zero-order valence-corrected chi connectivity index (χ0v) is 8.74. The van der Waals surface area contributed by atoms with E-state index in [-0.39, 0.29) is 5.60 Å². The van der Waals surface area contributed by atoms with Crippen LogP contribution in [0, 0.1) is 5.41 Å². The molecule has 0 saturated carbocycles. The maximum absolute atomic E-state index is 5.55. The van der Waals surface area contributed by atoms with Gasteiger partial charge in [-0.1, -0.05) is 27.2 Å². The third-order valence-corrected chi connectivity index (χ3v) is 3.09. The number of rotatable bonds is 4. The van der Waals surface area contributed by atoms with E-state index in [1.54, 1.807) is 0 Å². The average Bonchev–Trinajstić information content (AvgIpc) is 1.97. The first-order valence-corrected chi connectivity index (χ1v) is 4.79. The minimum absolute atomic E-state index is 0.138. The molecule has 12 heavy (non-hydrogen) atoms. The highest BCUT2D eigenvalue weighted by Gasteiger charge is 2.40. The Morgan fingerprint density at radius 3 is 2.25 bits per heavy atom. The molecule has 2 nitrogen and oxygen atoms in total. The summed E-state index contributed by atoms with van der Waals surface area (Å²) in [5.41, 5.74) is 0.553. The van der Waals surface area contributed by atoms with E-state index in [1.165, 1.54) is 12.8 Å². The van der Waals surface area contributed by atoms with Gasteiger partial charge in [0.15, 0.2) is 0 Å². The van der Waals surface area contributed by atoms with Gasteiger partial charge in [0.05, 0.1) is 5.60 Å². The van der Waals surface area contributed by atoms with Gasteiger partial charge < -0.3 is 10.1 Å². The van der Waals surface area contributed by atoms with Crippen LogP contribution >= 0.6 is 0 Å². The second-order valence-electron chi connectivity index (χ2n) is 4.69. The van der Waals surface area contributed by atoms with Crippen molar-refractivity contribution in [2.24, 2.45) is 5.41 Å². The van der Waals surface area contributed by atoms with Crippen molar-refractivity contribution >= 4 is 0 Å². The summed E-state index contributed by atoms with van der Waals surface area (Å²) in [6, 6.07) is 0. The first-order chi connectivity index (χ1) is 5.54. The number of hydrogen-bond acceptors (Lipinski definition) is 2. The van der Waals surface area contributed by atoms with Crippen molar-refractivity contribution in [2.75, 3.05) is 20.2 Å². The van der Waals surface area contributed by atoms with E-state index < -0.39 is 0 Å². The Balaban J connectivity index is 2.47. The van der Waals surface area contributed by atoms with Crippen molar-refractivity contribution in [2.45, 2.75) is 39.2 Å². The van der Waals surface area contributed by atoms with Gasteiger partial charge >= 0.3 is 0 Å². The Morgan fingerprint density at radius 1 is 1.42 bits per heavy atom. The first kappa shape index (κ1) is 10.0. The van der Waals surface area contributed by atoms with Crippen LogP contribution in [0.2, 0.25) is 0 Å². The molecule has 1 saturated heterocycles. The standard InChI is InChI=1S/C10H21NO/c1-5-9(2,3)6-10(12-4)7-11-8-10/h11H,5-8H2,1-4H3. The van der Waals surface area contributed by atoms with E-state index in [2.05, 4.69) is 26.1 Å². The van der Waals surface area contributed by atoms with E-state index in [9.17, 15) is 0 Å². The predicted molar refractivity (Wildman–Crippen MR) is 51.3 cm³/mol. The topological polar surface area (TPSA) is 21.3 Å². The molecule has 0 aromatic rings. The number of methoxy groups -OCH3 is 1. The van der Waals surface area contributed by atoms with Crippen LogP contribution in [0.3, 0.4) is 0 Å². The molecule has 1 aliphatic heterocycles. The second-order valence-corrected chi connectivity index (χ2v) is 4.69. The number of hydrogen-bond donors (Lipinski definition) is 1. The van der Waals surface area contributed by atoms with Gasteiger partial charge in [0, 0.05) is 20.2 Å². The lowest BCUT2D eigenvalue weighted by Gasteiger charge is -2.45. The van der Waals surface area contributed by atoms with Crippen molar-refractivity contribution in [1.82, 2.24) is 5.32 Å². The molecule has 72 valence electrons. The molecule has 0 aromatic heterocycles. The third kappa shape index (κ3) is 1.99. The Morgan fingerprint density at radius 2 is 2.00 bits per heavy atom. The molecule has 1 fully saturated rings. The van der Waals surface area contributed by atoms with E-state index in [1.807, 2.05) is 7.11 Å². The van der Waals surface area contributed by atoms with Gasteiger partial charge in [-0.25, -0.2) is 0 Å². The summed E-state index contributed by atoms with van der Waals surface area (Å²) in [4.78, 5) is 0. The molecule has 1 N–H and O–H groups in total. The van der Waals surface area contributed by atoms with Crippen molar-refractivity contribution in [1.29, 1.82) is 0 Å². The fourth-order valence-electron chi connectivity index (χ4n) is 1.74. The molecule has 0 amide bonds. The molecule has 0 aliphatic carbocycles. The SMILES string of the molecule is CCC(C)(C)CC1(OC)CNC1. The van der Waals surface area contributed by atoms with Crippen LogP contribution in [0.1, 0.15) is 33.6 Å². The highest BCUT2D eigenvalue weighted by molar-refractivity contribution is 4.97. The van der Waals surface area contributed by atoms with E-state index in [4.69, 9.17) is 4.74 Å². The summed E-state index contributed by atoms with van der Waals surface area (Å²) in [5, 5.41) is 3.27. The predicted octanol–water partition coefficient (Wildman–Crippen LogP) is 1.80. The van der Waals surface area contributed by atoms with Gasteiger partial charge in [-0.05, 0) is 11.8 Å². The first-order valence-electron chi connectivity index (χ1n) is 4.79. The zero-order chi connectivity index (χ0) is 9.24. The minimum Gasteiger partial charge on any atom is -0.376 e. The Labute approximate surface area is 75.7 Å². The fourth-order valence-corrected chi connectivity index (χ4v) is 1.74. The molecule has 0 radical (unpaired) electrons. The smallest absolute Gasteiger partial charge is 0.0931 e. The number of nitrogens with one attached hydrogen (secondary N) is 1. The van der Waals surface area contributed by atoms with Gasteiger partial charge in [0.25, 0.3) is 0 Å². The van der Waals surface area contributed by atoms with Gasteiger partial charge in [-0.15, -0.1) is 0 Å². The minimum atomic E-state index is 0.138. The fraction of sp³-hybridized carbons (Fsp3) is 1.00. The van der Waals surface area contributed by atoms with Gasteiger partial charge in [0.1, 0.15) is 0 Å². The molecular formula is C10H21NO. The highest BCUT2D eigenvalue weighted by atomic mass is 16.5. The van der Waals surface area contributed by atoms with Crippen molar-refractivity contribution < 1.29 is 4.74 Å². The molecule has 0 spiro atoms.